The molecule has 14 heteroatoms. The van der Waals surface area contributed by atoms with Gasteiger partial charge in [0.2, 0.25) is 16.5 Å². The molecule has 184 valence electrons. The molecule has 1 unspecified atom stereocenters. The van der Waals surface area contributed by atoms with Gasteiger partial charge in [0.05, 0.1) is 34.4 Å². The number of thioether (sulfide) groups is 1. The summed E-state index contributed by atoms with van der Waals surface area (Å²) in [6.45, 7) is 0.787. The minimum absolute atomic E-state index is 0.0129. The number of nitrogens with one attached hydrogen (secondary N) is 1. The first-order valence-corrected chi connectivity index (χ1v) is 12.3. The molecule has 1 aliphatic carbocycles. The van der Waals surface area contributed by atoms with Crippen molar-refractivity contribution in [2.45, 2.75) is 36.5 Å². The second kappa shape index (κ2) is 9.11. The van der Waals surface area contributed by atoms with Crippen LogP contribution in [0.25, 0.3) is 10.9 Å². The highest BCUT2D eigenvalue weighted by molar-refractivity contribution is 7.99. The van der Waals surface area contributed by atoms with Crippen molar-refractivity contribution in [2.24, 2.45) is 7.05 Å². The molecule has 2 fully saturated rings. The summed E-state index contributed by atoms with van der Waals surface area (Å²) in [4.78, 5) is 39.7. The summed E-state index contributed by atoms with van der Waals surface area (Å²) < 4.78 is 16.9. The second-order valence-electron chi connectivity index (χ2n) is 8.58. The molecule has 2 aromatic heterocycles. The summed E-state index contributed by atoms with van der Waals surface area (Å²) >= 11 is 7.84. The van der Waals surface area contributed by atoms with E-state index in [1.165, 1.54) is 11.0 Å². The van der Waals surface area contributed by atoms with Crippen LogP contribution in [0, 0.1) is 5.82 Å². The molecule has 2 N–H and O–H groups in total. The zero-order chi connectivity index (χ0) is 24.9. The summed E-state index contributed by atoms with van der Waals surface area (Å²) in [5.41, 5.74) is -0.698. The largest absolute Gasteiger partial charge is 0.477 e. The summed E-state index contributed by atoms with van der Waals surface area (Å²) in [5, 5.41) is 24.3. The topological polar surface area (TPSA) is 135 Å². The number of anilines is 1. The lowest BCUT2D eigenvalue weighted by Crippen LogP contribution is -2.38. The molecule has 1 atom stereocenters. The molecule has 1 amide bonds. The molecular formula is C21H21ClFN7O4S. The fourth-order valence-electron chi connectivity index (χ4n) is 4.32. The number of aromatic nitrogens is 5. The molecule has 3 aromatic rings. The van der Waals surface area contributed by atoms with Gasteiger partial charge in [-0.25, -0.2) is 9.18 Å². The number of amides is 1. The Morgan fingerprint density at radius 1 is 1.34 bits per heavy atom. The Labute approximate surface area is 207 Å². The van der Waals surface area contributed by atoms with E-state index >= 15 is 4.39 Å². The van der Waals surface area contributed by atoms with E-state index < -0.39 is 22.8 Å². The van der Waals surface area contributed by atoms with Gasteiger partial charge in [-0.3, -0.25) is 9.59 Å². The number of rotatable bonds is 7. The number of carbonyl (C=O) groups excluding carboxylic acids is 1. The second-order valence-corrected chi connectivity index (χ2v) is 9.90. The standard InChI is InChI=1S/C21H21ClFN7O4S/c1-28-26-21(25-27-28)35-9-15(31)24-10-4-5-29(7-10)18-14(23)6-12-17(16(18)22)30(11-2-3-11)8-13(19(12)32)20(33)34/h6,8,10-11H,2-5,7,9H2,1H3,(H,24,31)(H,33,34). The molecule has 0 radical (unpaired) electrons. The van der Waals surface area contributed by atoms with Gasteiger partial charge in [0.25, 0.3) is 0 Å². The number of aryl methyl sites for hydroxylation is 1. The molecule has 11 nitrogen and oxygen atoms in total. The monoisotopic (exact) mass is 521 g/mol. The van der Waals surface area contributed by atoms with E-state index in [1.807, 2.05) is 0 Å². The van der Waals surface area contributed by atoms with Crippen molar-refractivity contribution in [1.82, 2.24) is 30.1 Å². The molecule has 1 aromatic carbocycles. The van der Waals surface area contributed by atoms with Crippen molar-refractivity contribution < 1.29 is 19.1 Å². The minimum Gasteiger partial charge on any atom is -0.477 e. The highest BCUT2D eigenvalue weighted by Crippen LogP contribution is 2.42. The van der Waals surface area contributed by atoms with Crippen molar-refractivity contribution in [1.29, 1.82) is 0 Å². The fraction of sp³-hybridized carbons (Fsp3) is 0.429. The number of carbonyl (C=O) groups is 2. The Balaban J connectivity index is 1.38. The number of fused-ring (bicyclic) bond motifs is 1. The number of tetrazole rings is 1. The van der Waals surface area contributed by atoms with Gasteiger partial charge in [-0.05, 0) is 30.5 Å². The third-order valence-corrected chi connectivity index (χ3v) is 7.23. The van der Waals surface area contributed by atoms with Crippen LogP contribution in [0.1, 0.15) is 35.7 Å². The Hall–Kier alpha value is -3.19. The van der Waals surface area contributed by atoms with Gasteiger partial charge in [-0.2, -0.15) is 4.80 Å². The highest BCUT2D eigenvalue weighted by atomic mass is 35.5. The van der Waals surface area contributed by atoms with E-state index in [2.05, 4.69) is 20.7 Å². The molecule has 1 saturated carbocycles. The molecule has 2 aliphatic rings. The Kier molecular flexibility index (Phi) is 6.13. The maximum Gasteiger partial charge on any atom is 0.341 e. The molecular weight excluding hydrogens is 501 g/mol. The molecule has 0 spiro atoms. The van der Waals surface area contributed by atoms with E-state index in [0.29, 0.717) is 30.2 Å². The molecule has 1 saturated heterocycles. The normalized spacial score (nSPS) is 17.8. The van der Waals surface area contributed by atoms with Crippen molar-refractivity contribution in [3.8, 4) is 0 Å². The van der Waals surface area contributed by atoms with E-state index in [0.717, 1.165) is 30.7 Å². The van der Waals surface area contributed by atoms with Crippen LogP contribution in [-0.2, 0) is 11.8 Å². The Bertz CT molecular complexity index is 1410. The SMILES string of the molecule is Cn1nnc(SCC(=O)NC2CCN(c3c(F)cc4c(=O)c(C(=O)O)cn(C5CC5)c4c3Cl)C2)n1. The third-order valence-electron chi connectivity index (χ3n) is 6.05. The maximum atomic E-state index is 15.3. The average Bonchev–Trinajstić information content (AvgIpc) is 3.41. The lowest BCUT2D eigenvalue weighted by molar-refractivity contribution is -0.119. The minimum atomic E-state index is -1.36. The Morgan fingerprint density at radius 2 is 2.11 bits per heavy atom. The molecule has 3 heterocycles. The number of aromatic carboxylic acids is 1. The number of hydrogen-bond acceptors (Lipinski definition) is 8. The highest BCUT2D eigenvalue weighted by Gasteiger charge is 2.32. The van der Waals surface area contributed by atoms with Gasteiger partial charge in [-0.15, -0.1) is 10.2 Å². The van der Waals surface area contributed by atoms with Crippen LogP contribution in [0.4, 0.5) is 10.1 Å². The van der Waals surface area contributed by atoms with Gasteiger partial charge >= 0.3 is 5.97 Å². The van der Waals surface area contributed by atoms with Crippen LogP contribution in [0.2, 0.25) is 5.02 Å². The average molecular weight is 522 g/mol. The summed E-state index contributed by atoms with van der Waals surface area (Å²) in [7, 11) is 1.64. The van der Waals surface area contributed by atoms with E-state index in [1.54, 1.807) is 16.5 Å². The van der Waals surface area contributed by atoms with Gasteiger partial charge in [0.15, 0.2) is 0 Å². The Morgan fingerprint density at radius 3 is 2.77 bits per heavy atom. The predicted molar refractivity (Wildman–Crippen MR) is 127 cm³/mol. The van der Waals surface area contributed by atoms with Crippen LogP contribution < -0.4 is 15.6 Å². The summed E-state index contributed by atoms with van der Waals surface area (Å²) in [6.07, 6.45) is 3.52. The quantitative estimate of drug-likeness (QED) is 0.446. The number of pyridine rings is 1. The van der Waals surface area contributed by atoms with Crippen molar-refractivity contribution >= 4 is 51.8 Å². The smallest absolute Gasteiger partial charge is 0.341 e. The fourth-order valence-corrected chi connectivity index (χ4v) is 5.34. The van der Waals surface area contributed by atoms with Gasteiger partial charge in [0.1, 0.15) is 11.4 Å². The number of carboxylic acids is 1. The third kappa shape index (κ3) is 4.57. The first-order valence-electron chi connectivity index (χ1n) is 10.9. The van der Waals surface area contributed by atoms with Gasteiger partial charge in [0, 0.05) is 31.4 Å². The van der Waals surface area contributed by atoms with E-state index in [9.17, 15) is 19.5 Å². The first-order chi connectivity index (χ1) is 16.7. The number of halogens is 2. The van der Waals surface area contributed by atoms with Crippen molar-refractivity contribution in [3.05, 3.63) is 38.9 Å². The van der Waals surface area contributed by atoms with Crippen LogP contribution in [0.5, 0.6) is 0 Å². The van der Waals surface area contributed by atoms with Gasteiger partial charge < -0.3 is 19.9 Å². The summed E-state index contributed by atoms with van der Waals surface area (Å²) in [6, 6.07) is 0.865. The zero-order valence-electron chi connectivity index (χ0n) is 18.6. The molecule has 0 bridgehead atoms. The first kappa shape index (κ1) is 23.5. The lowest BCUT2D eigenvalue weighted by atomic mass is 10.1. The number of carboxylic acid groups (broad SMARTS) is 1. The van der Waals surface area contributed by atoms with Crippen LogP contribution in [-0.4, -0.2) is 66.6 Å². The molecule has 35 heavy (non-hydrogen) atoms. The number of nitrogens with zero attached hydrogens (tertiary/aromatic N) is 6. The number of benzene rings is 1. The van der Waals surface area contributed by atoms with Crippen molar-refractivity contribution in [3.63, 3.8) is 0 Å². The van der Waals surface area contributed by atoms with Crippen molar-refractivity contribution in [2.75, 3.05) is 23.7 Å². The van der Waals surface area contributed by atoms with Gasteiger partial charge in [-0.1, -0.05) is 23.4 Å². The number of hydrogen-bond donors (Lipinski definition) is 2. The van der Waals surface area contributed by atoms with Crippen LogP contribution in [0.15, 0.2) is 22.2 Å². The molecule has 5 rings (SSSR count). The summed E-state index contributed by atoms with van der Waals surface area (Å²) in [5.74, 6) is -2.16. The predicted octanol–water partition coefficient (Wildman–Crippen LogP) is 1.84. The molecule has 1 aliphatic heterocycles. The van der Waals surface area contributed by atoms with Crippen LogP contribution >= 0.6 is 23.4 Å². The zero-order valence-corrected chi connectivity index (χ0v) is 20.1. The van der Waals surface area contributed by atoms with Crippen LogP contribution in [0.3, 0.4) is 0 Å². The lowest BCUT2D eigenvalue weighted by Gasteiger charge is -2.23. The van der Waals surface area contributed by atoms with E-state index in [-0.39, 0.29) is 39.8 Å². The maximum absolute atomic E-state index is 15.3. The van der Waals surface area contributed by atoms with E-state index in [4.69, 9.17) is 11.6 Å².